The summed E-state index contributed by atoms with van der Waals surface area (Å²) in [7, 11) is 0. The minimum Gasteiger partial charge on any atom is -0.303 e. The lowest BCUT2D eigenvalue weighted by Crippen LogP contribution is -2.12. The number of hydrogen-bond donors (Lipinski definition) is 0. The predicted molar refractivity (Wildman–Crippen MR) is 64.2 cm³/mol. The Bertz CT molecular complexity index is 540. The molecule has 0 saturated carbocycles. The van der Waals surface area contributed by atoms with Crippen LogP contribution in [0.4, 0.5) is 0 Å². The fraction of sp³-hybridized carbons (Fsp3) is 0.417. The number of rotatable bonds is 0. The van der Waals surface area contributed by atoms with Crippen molar-refractivity contribution < 1.29 is 0 Å². The number of halogens is 1. The lowest BCUT2D eigenvalue weighted by Gasteiger charge is -2.14. The van der Waals surface area contributed by atoms with E-state index in [2.05, 4.69) is 46.4 Å². The van der Waals surface area contributed by atoms with Crippen molar-refractivity contribution in [1.82, 2.24) is 9.38 Å². The second-order valence-electron chi connectivity index (χ2n) is 4.87. The molecular formula is C12H13BrN2. The Morgan fingerprint density at radius 3 is 3.00 bits per heavy atom. The van der Waals surface area contributed by atoms with E-state index in [1.807, 2.05) is 6.07 Å². The van der Waals surface area contributed by atoms with Gasteiger partial charge in [0.25, 0.3) is 0 Å². The normalized spacial score (nSPS) is 18.3. The molecule has 0 aliphatic heterocycles. The Morgan fingerprint density at radius 2 is 2.20 bits per heavy atom. The molecule has 0 amide bonds. The molecule has 2 aromatic rings. The highest BCUT2D eigenvalue weighted by Gasteiger charge is 2.34. The minimum atomic E-state index is 0.244. The second-order valence-corrected chi connectivity index (χ2v) is 5.78. The average molecular weight is 265 g/mol. The molecule has 0 fully saturated rings. The van der Waals surface area contributed by atoms with Gasteiger partial charge in [0.05, 0.1) is 5.69 Å². The van der Waals surface area contributed by atoms with E-state index in [0.717, 1.165) is 16.5 Å². The average Bonchev–Trinajstić information content (AvgIpc) is 2.66. The number of imidazole rings is 1. The SMILES string of the molecule is CC1(C)CCc2c1nc1ccc(Br)cn21. The van der Waals surface area contributed by atoms with Gasteiger partial charge in [-0.15, -0.1) is 0 Å². The zero-order valence-corrected chi connectivity index (χ0v) is 10.5. The molecule has 0 bridgehead atoms. The van der Waals surface area contributed by atoms with Crippen molar-refractivity contribution >= 4 is 21.6 Å². The van der Waals surface area contributed by atoms with Crippen LogP contribution in [0.15, 0.2) is 22.8 Å². The molecule has 0 spiro atoms. The van der Waals surface area contributed by atoms with Crippen LogP contribution in [0.2, 0.25) is 0 Å². The van der Waals surface area contributed by atoms with Crippen molar-refractivity contribution in [2.75, 3.05) is 0 Å². The van der Waals surface area contributed by atoms with Crippen LogP contribution >= 0.6 is 15.9 Å². The maximum atomic E-state index is 4.73. The molecule has 0 saturated heterocycles. The molecule has 3 rings (SSSR count). The van der Waals surface area contributed by atoms with E-state index in [4.69, 9.17) is 4.98 Å². The molecule has 1 aliphatic carbocycles. The molecule has 2 nitrogen and oxygen atoms in total. The molecule has 78 valence electrons. The first-order valence-corrected chi connectivity index (χ1v) is 6.04. The van der Waals surface area contributed by atoms with E-state index in [-0.39, 0.29) is 5.41 Å². The first-order valence-electron chi connectivity index (χ1n) is 5.25. The number of aromatic nitrogens is 2. The van der Waals surface area contributed by atoms with Gasteiger partial charge in [-0.1, -0.05) is 13.8 Å². The lowest BCUT2D eigenvalue weighted by molar-refractivity contribution is 0.510. The molecule has 3 heteroatoms. The van der Waals surface area contributed by atoms with Gasteiger partial charge in [0, 0.05) is 21.8 Å². The number of aryl methyl sites for hydroxylation is 1. The Labute approximate surface area is 97.5 Å². The first-order chi connectivity index (χ1) is 7.08. The standard InChI is InChI=1S/C12H13BrN2/c1-12(2)6-5-9-11(12)14-10-4-3-8(13)7-15(9)10/h3-4,7H,5-6H2,1-2H3. The highest BCUT2D eigenvalue weighted by molar-refractivity contribution is 9.10. The third-order valence-corrected chi connectivity index (χ3v) is 3.78. The summed E-state index contributed by atoms with van der Waals surface area (Å²) in [5.41, 5.74) is 3.97. The monoisotopic (exact) mass is 264 g/mol. The van der Waals surface area contributed by atoms with Gasteiger partial charge >= 0.3 is 0 Å². The van der Waals surface area contributed by atoms with Gasteiger partial charge in [0.2, 0.25) is 0 Å². The van der Waals surface area contributed by atoms with Gasteiger partial charge in [-0.2, -0.15) is 0 Å². The Hall–Kier alpha value is -0.830. The van der Waals surface area contributed by atoms with Gasteiger partial charge in [-0.3, -0.25) is 0 Å². The van der Waals surface area contributed by atoms with Crippen LogP contribution < -0.4 is 0 Å². The summed E-state index contributed by atoms with van der Waals surface area (Å²) in [5.74, 6) is 0. The highest BCUT2D eigenvalue weighted by Crippen LogP contribution is 2.38. The van der Waals surface area contributed by atoms with Gasteiger partial charge in [-0.25, -0.2) is 4.98 Å². The second kappa shape index (κ2) is 2.85. The molecule has 0 unspecified atom stereocenters. The van der Waals surface area contributed by atoms with Gasteiger partial charge in [0.1, 0.15) is 5.65 Å². The molecule has 0 aromatic carbocycles. The molecule has 0 radical (unpaired) electrons. The van der Waals surface area contributed by atoms with Crippen molar-refractivity contribution in [3.63, 3.8) is 0 Å². The highest BCUT2D eigenvalue weighted by atomic mass is 79.9. The summed E-state index contributed by atoms with van der Waals surface area (Å²) in [5, 5.41) is 0. The number of pyridine rings is 1. The van der Waals surface area contributed by atoms with E-state index in [0.29, 0.717) is 0 Å². The van der Waals surface area contributed by atoms with Crippen molar-refractivity contribution in [1.29, 1.82) is 0 Å². The van der Waals surface area contributed by atoms with Crippen LogP contribution in [0.5, 0.6) is 0 Å². The van der Waals surface area contributed by atoms with Crippen molar-refractivity contribution in [3.8, 4) is 0 Å². The molecule has 2 heterocycles. The van der Waals surface area contributed by atoms with E-state index in [1.54, 1.807) is 0 Å². The Morgan fingerprint density at radius 1 is 1.40 bits per heavy atom. The number of fused-ring (bicyclic) bond motifs is 3. The van der Waals surface area contributed by atoms with Gasteiger partial charge < -0.3 is 4.40 Å². The molecule has 2 aromatic heterocycles. The van der Waals surface area contributed by atoms with Crippen molar-refractivity contribution in [3.05, 3.63) is 34.2 Å². The van der Waals surface area contributed by atoms with Crippen molar-refractivity contribution in [2.24, 2.45) is 0 Å². The lowest BCUT2D eigenvalue weighted by atomic mass is 9.91. The maximum absolute atomic E-state index is 4.73. The zero-order valence-electron chi connectivity index (χ0n) is 8.92. The number of hydrogen-bond acceptors (Lipinski definition) is 1. The Kier molecular flexibility index (Phi) is 1.78. The fourth-order valence-electron chi connectivity index (χ4n) is 2.40. The third-order valence-electron chi connectivity index (χ3n) is 3.31. The maximum Gasteiger partial charge on any atom is 0.137 e. The molecule has 0 N–H and O–H groups in total. The summed E-state index contributed by atoms with van der Waals surface area (Å²) in [6, 6.07) is 4.11. The largest absolute Gasteiger partial charge is 0.303 e. The Balaban J connectivity index is 2.36. The van der Waals surface area contributed by atoms with Crippen molar-refractivity contribution in [2.45, 2.75) is 32.1 Å². The molecule has 1 aliphatic rings. The van der Waals surface area contributed by atoms with Gasteiger partial charge in [-0.05, 0) is 40.9 Å². The summed E-state index contributed by atoms with van der Waals surface area (Å²) in [4.78, 5) is 4.73. The zero-order chi connectivity index (χ0) is 10.6. The minimum absolute atomic E-state index is 0.244. The fourth-order valence-corrected chi connectivity index (χ4v) is 2.73. The summed E-state index contributed by atoms with van der Waals surface area (Å²) in [6.45, 7) is 4.56. The molecular weight excluding hydrogens is 252 g/mol. The smallest absolute Gasteiger partial charge is 0.137 e. The predicted octanol–water partition coefficient (Wildman–Crippen LogP) is 3.32. The van der Waals surface area contributed by atoms with Crippen LogP contribution in [0.25, 0.3) is 5.65 Å². The summed E-state index contributed by atoms with van der Waals surface area (Å²) < 4.78 is 3.33. The quantitative estimate of drug-likeness (QED) is 0.714. The number of nitrogens with zero attached hydrogens (tertiary/aromatic N) is 2. The molecule has 0 atom stereocenters. The molecule has 15 heavy (non-hydrogen) atoms. The van der Waals surface area contributed by atoms with Crippen LogP contribution in [0, 0.1) is 0 Å². The topological polar surface area (TPSA) is 17.3 Å². The van der Waals surface area contributed by atoms with E-state index < -0.39 is 0 Å². The van der Waals surface area contributed by atoms with E-state index >= 15 is 0 Å². The van der Waals surface area contributed by atoms with Crippen LogP contribution in [-0.4, -0.2) is 9.38 Å². The van der Waals surface area contributed by atoms with Crippen LogP contribution in [0.3, 0.4) is 0 Å². The van der Waals surface area contributed by atoms with Crippen LogP contribution in [-0.2, 0) is 11.8 Å². The van der Waals surface area contributed by atoms with E-state index in [1.165, 1.54) is 17.8 Å². The van der Waals surface area contributed by atoms with E-state index in [9.17, 15) is 0 Å². The van der Waals surface area contributed by atoms with Crippen LogP contribution in [0.1, 0.15) is 31.7 Å². The summed E-state index contributed by atoms with van der Waals surface area (Å²) in [6.07, 6.45) is 4.46. The first kappa shape index (κ1) is 9.40. The summed E-state index contributed by atoms with van der Waals surface area (Å²) >= 11 is 3.51. The van der Waals surface area contributed by atoms with Gasteiger partial charge in [0.15, 0.2) is 0 Å². The third kappa shape index (κ3) is 1.26.